The van der Waals surface area contributed by atoms with E-state index in [-0.39, 0.29) is 5.91 Å². The first-order valence-corrected chi connectivity index (χ1v) is 7.46. The summed E-state index contributed by atoms with van der Waals surface area (Å²) in [6.07, 6.45) is 3.02. The van der Waals surface area contributed by atoms with Gasteiger partial charge in [-0.2, -0.15) is 0 Å². The fourth-order valence-electron chi connectivity index (χ4n) is 1.91. The molecule has 0 saturated heterocycles. The molecule has 23 heavy (non-hydrogen) atoms. The lowest BCUT2D eigenvalue weighted by Gasteiger charge is -2.12. The zero-order valence-corrected chi connectivity index (χ0v) is 14.1. The number of nitrogens with one attached hydrogen (secondary N) is 1. The molecule has 0 aromatic heterocycles. The highest BCUT2D eigenvalue weighted by Gasteiger charge is 2.11. The second-order valence-electron chi connectivity index (χ2n) is 4.53. The van der Waals surface area contributed by atoms with Crippen LogP contribution in [-0.4, -0.2) is 20.1 Å². The van der Waals surface area contributed by atoms with E-state index in [2.05, 4.69) is 5.32 Å². The van der Waals surface area contributed by atoms with Gasteiger partial charge in [-0.3, -0.25) is 4.79 Å². The Labute approximate surface area is 144 Å². The zero-order valence-electron chi connectivity index (χ0n) is 12.6. The minimum absolute atomic E-state index is 0.329. The summed E-state index contributed by atoms with van der Waals surface area (Å²) in [5, 5.41) is 3.65. The molecule has 6 heteroatoms. The van der Waals surface area contributed by atoms with Crippen molar-refractivity contribution in [2.24, 2.45) is 0 Å². The van der Waals surface area contributed by atoms with Crippen LogP contribution in [0.1, 0.15) is 5.56 Å². The first kappa shape index (κ1) is 17.2. The van der Waals surface area contributed by atoms with E-state index in [0.29, 0.717) is 27.2 Å². The number of methoxy groups -OCH3 is 2. The number of rotatable bonds is 5. The molecular weight excluding hydrogens is 337 g/mol. The van der Waals surface area contributed by atoms with Crippen LogP contribution in [0.5, 0.6) is 11.5 Å². The normalized spacial score (nSPS) is 10.6. The monoisotopic (exact) mass is 351 g/mol. The van der Waals surface area contributed by atoms with Crippen molar-refractivity contribution in [3.63, 3.8) is 0 Å². The van der Waals surface area contributed by atoms with Crippen LogP contribution in [0.15, 0.2) is 42.5 Å². The third-order valence-corrected chi connectivity index (χ3v) is 3.69. The van der Waals surface area contributed by atoms with Crippen molar-refractivity contribution in [1.29, 1.82) is 0 Å². The fraction of sp³-hybridized carbons (Fsp3) is 0.118. The average Bonchev–Trinajstić information content (AvgIpc) is 2.54. The van der Waals surface area contributed by atoms with Crippen LogP contribution in [0, 0.1) is 0 Å². The van der Waals surface area contributed by atoms with Gasteiger partial charge < -0.3 is 14.8 Å². The van der Waals surface area contributed by atoms with Crippen molar-refractivity contribution in [1.82, 2.24) is 0 Å². The van der Waals surface area contributed by atoms with Crippen LogP contribution in [0.2, 0.25) is 10.0 Å². The van der Waals surface area contributed by atoms with E-state index in [1.807, 2.05) is 18.2 Å². The lowest BCUT2D eigenvalue weighted by atomic mass is 10.2. The number of amides is 1. The van der Waals surface area contributed by atoms with E-state index in [0.717, 1.165) is 5.56 Å². The number of hydrogen-bond acceptors (Lipinski definition) is 3. The summed E-state index contributed by atoms with van der Waals surface area (Å²) in [5.41, 5.74) is 1.20. The summed E-state index contributed by atoms with van der Waals surface area (Å²) in [7, 11) is 3.00. The smallest absolute Gasteiger partial charge is 0.248 e. The van der Waals surface area contributed by atoms with Gasteiger partial charge in [-0.05, 0) is 23.8 Å². The first-order valence-electron chi connectivity index (χ1n) is 6.70. The standard InChI is InChI=1S/C17H15Cl2NO3/c1-22-15-10-16(23-2)14(9-13(15)19)20-17(21)8-7-11-5-3-4-6-12(11)18/h3-10H,1-2H3,(H,20,21)/b8-7-. The molecule has 0 spiro atoms. The maximum atomic E-state index is 12.1. The second kappa shape index (κ2) is 7.90. The lowest BCUT2D eigenvalue weighted by molar-refractivity contribution is -0.111. The van der Waals surface area contributed by atoms with Gasteiger partial charge in [0.05, 0.1) is 24.9 Å². The van der Waals surface area contributed by atoms with E-state index >= 15 is 0 Å². The summed E-state index contributed by atoms with van der Waals surface area (Å²) in [6, 6.07) is 10.4. The Kier molecular flexibility index (Phi) is 5.90. The topological polar surface area (TPSA) is 47.6 Å². The largest absolute Gasteiger partial charge is 0.495 e. The number of ether oxygens (including phenoxy) is 2. The van der Waals surface area contributed by atoms with Crippen LogP contribution < -0.4 is 14.8 Å². The number of anilines is 1. The SMILES string of the molecule is COc1cc(OC)c(NC(=O)/C=C\c2ccccc2Cl)cc1Cl. The third-order valence-electron chi connectivity index (χ3n) is 3.05. The Bertz CT molecular complexity index is 745. The molecule has 2 aromatic carbocycles. The average molecular weight is 352 g/mol. The van der Waals surface area contributed by atoms with Gasteiger partial charge in [0.25, 0.3) is 0 Å². The van der Waals surface area contributed by atoms with E-state index in [9.17, 15) is 4.79 Å². The molecule has 0 bridgehead atoms. The van der Waals surface area contributed by atoms with E-state index in [1.165, 1.54) is 20.3 Å². The van der Waals surface area contributed by atoms with Crippen LogP contribution in [0.25, 0.3) is 6.08 Å². The van der Waals surface area contributed by atoms with Crippen LogP contribution in [0.4, 0.5) is 5.69 Å². The van der Waals surface area contributed by atoms with Crippen molar-refractivity contribution >= 4 is 40.9 Å². The molecule has 0 fully saturated rings. The Morgan fingerprint density at radius 3 is 2.39 bits per heavy atom. The first-order chi connectivity index (χ1) is 11.0. The minimum Gasteiger partial charge on any atom is -0.495 e. The fourth-order valence-corrected chi connectivity index (χ4v) is 2.35. The van der Waals surface area contributed by atoms with Gasteiger partial charge in [-0.25, -0.2) is 0 Å². The molecule has 0 saturated carbocycles. The summed E-state index contributed by atoms with van der Waals surface area (Å²) in [5.74, 6) is 0.586. The number of hydrogen-bond donors (Lipinski definition) is 1. The van der Waals surface area contributed by atoms with Gasteiger partial charge in [0, 0.05) is 17.2 Å². The second-order valence-corrected chi connectivity index (χ2v) is 5.35. The zero-order chi connectivity index (χ0) is 16.8. The molecule has 0 aliphatic heterocycles. The molecule has 0 radical (unpaired) electrons. The summed E-state index contributed by atoms with van der Waals surface area (Å²) < 4.78 is 10.3. The molecule has 4 nitrogen and oxygen atoms in total. The third kappa shape index (κ3) is 4.41. The highest BCUT2D eigenvalue weighted by Crippen LogP contribution is 2.35. The number of carbonyl (C=O) groups excluding carboxylic acids is 1. The lowest BCUT2D eigenvalue weighted by Crippen LogP contribution is -2.09. The Morgan fingerprint density at radius 2 is 1.74 bits per heavy atom. The van der Waals surface area contributed by atoms with Crippen LogP contribution >= 0.6 is 23.2 Å². The Balaban J connectivity index is 2.17. The quantitative estimate of drug-likeness (QED) is 0.796. The van der Waals surface area contributed by atoms with E-state index < -0.39 is 0 Å². The number of benzene rings is 2. The summed E-state index contributed by atoms with van der Waals surface area (Å²) in [4.78, 5) is 12.1. The molecule has 2 rings (SSSR count). The van der Waals surface area contributed by atoms with Gasteiger partial charge in [-0.15, -0.1) is 0 Å². The highest BCUT2D eigenvalue weighted by atomic mass is 35.5. The van der Waals surface area contributed by atoms with E-state index in [4.69, 9.17) is 32.7 Å². The molecule has 0 unspecified atom stereocenters. The molecule has 2 aromatic rings. The van der Waals surface area contributed by atoms with Gasteiger partial charge in [-0.1, -0.05) is 41.4 Å². The number of carbonyl (C=O) groups is 1. The number of halogens is 2. The molecule has 0 aliphatic carbocycles. The predicted octanol–water partition coefficient (Wildman–Crippen LogP) is 4.66. The maximum absolute atomic E-state index is 12.1. The van der Waals surface area contributed by atoms with Gasteiger partial charge in [0.15, 0.2) is 0 Å². The highest BCUT2D eigenvalue weighted by molar-refractivity contribution is 6.32. The summed E-state index contributed by atoms with van der Waals surface area (Å²) >= 11 is 12.1. The molecule has 0 atom stereocenters. The predicted molar refractivity (Wildman–Crippen MR) is 93.7 cm³/mol. The minimum atomic E-state index is -0.329. The van der Waals surface area contributed by atoms with Crippen LogP contribution in [-0.2, 0) is 4.79 Å². The maximum Gasteiger partial charge on any atom is 0.248 e. The van der Waals surface area contributed by atoms with Crippen LogP contribution in [0.3, 0.4) is 0 Å². The van der Waals surface area contributed by atoms with Crippen molar-refractivity contribution in [2.45, 2.75) is 0 Å². The molecule has 0 heterocycles. The summed E-state index contributed by atoms with van der Waals surface area (Å²) in [6.45, 7) is 0. The van der Waals surface area contributed by atoms with Crippen molar-refractivity contribution in [3.05, 3.63) is 58.1 Å². The Morgan fingerprint density at radius 1 is 1.04 bits per heavy atom. The van der Waals surface area contributed by atoms with Crippen molar-refractivity contribution in [3.8, 4) is 11.5 Å². The molecule has 1 amide bonds. The van der Waals surface area contributed by atoms with E-state index in [1.54, 1.807) is 24.3 Å². The van der Waals surface area contributed by atoms with Gasteiger partial charge in [0.2, 0.25) is 5.91 Å². The molecule has 0 aliphatic rings. The van der Waals surface area contributed by atoms with Crippen molar-refractivity contribution < 1.29 is 14.3 Å². The van der Waals surface area contributed by atoms with Gasteiger partial charge in [0.1, 0.15) is 11.5 Å². The van der Waals surface area contributed by atoms with Crippen molar-refractivity contribution in [2.75, 3.05) is 19.5 Å². The Hall–Kier alpha value is -2.17. The molecular formula is C17H15Cl2NO3. The van der Waals surface area contributed by atoms with Gasteiger partial charge >= 0.3 is 0 Å². The molecule has 120 valence electrons. The molecule has 1 N–H and O–H groups in total.